The van der Waals surface area contributed by atoms with Gasteiger partial charge in [0.05, 0.1) is 42.6 Å². The van der Waals surface area contributed by atoms with Gasteiger partial charge in [0.15, 0.2) is 0 Å². The SMILES string of the molecule is CC(C)c1nc(N(C)S(C)(=O)=O)nc(-c2ccc(F)cc2)c1/C=C/[C@@H](O)C[C@@H](O)CC(=O)O.N[C@@H](Cc1cnc[nH]1)C(=O)O. The summed E-state index contributed by atoms with van der Waals surface area (Å²) >= 11 is 0. The number of rotatable bonds is 13. The molecule has 0 bridgehead atoms. The van der Waals surface area contributed by atoms with E-state index in [1.54, 1.807) is 6.20 Å². The molecule has 0 saturated carbocycles. The lowest BCUT2D eigenvalue weighted by molar-refractivity contribution is -0.140. The van der Waals surface area contributed by atoms with E-state index in [4.69, 9.17) is 15.9 Å². The molecule has 0 amide bonds. The van der Waals surface area contributed by atoms with Crippen LogP contribution in [0.3, 0.4) is 0 Å². The zero-order valence-electron chi connectivity index (χ0n) is 24.6. The van der Waals surface area contributed by atoms with Crippen molar-refractivity contribution in [1.82, 2.24) is 19.9 Å². The molecule has 0 aliphatic heterocycles. The summed E-state index contributed by atoms with van der Waals surface area (Å²) < 4.78 is 38.6. The first kappa shape index (κ1) is 35.9. The van der Waals surface area contributed by atoms with Gasteiger partial charge in [-0.2, -0.15) is 0 Å². The average molecular weight is 637 g/mol. The van der Waals surface area contributed by atoms with Crippen molar-refractivity contribution in [3.05, 3.63) is 65.6 Å². The van der Waals surface area contributed by atoms with Crippen molar-refractivity contribution in [1.29, 1.82) is 0 Å². The van der Waals surface area contributed by atoms with Crippen molar-refractivity contribution in [3.63, 3.8) is 0 Å². The van der Waals surface area contributed by atoms with Gasteiger partial charge in [0.25, 0.3) is 0 Å². The molecule has 0 fully saturated rings. The zero-order valence-corrected chi connectivity index (χ0v) is 25.4. The standard InChI is InChI=1S/C22H28FN3O6S.C6H9N3O2/c1-13(2)20-18(10-9-16(27)11-17(28)12-19(29)30)21(14-5-7-15(23)8-6-14)25-22(24-20)26(3)33(4,31)32;7-5(6(10)11)1-4-2-8-3-9-4/h5-10,13,16-17,27-28H,11-12H2,1-4H3,(H,29,30);2-3,5H,1,7H2,(H,8,9)(H,10,11)/b10-9+;/t16-,17-;5-/m10/s1. The van der Waals surface area contributed by atoms with E-state index in [1.807, 2.05) is 13.8 Å². The van der Waals surface area contributed by atoms with Gasteiger partial charge in [-0.05, 0) is 30.2 Å². The number of halogens is 1. The molecule has 3 atom stereocenters. The number of aromatic nitrogens is 4. The minimum atomic E-state index is -3.65. The monoisotopic (exact) mass is 636 g/mol. The van der Waals surface area contributed by atoms with Crippen LogP contribution in [0.4, 0.5) is 10.3 Å². The van der Waals surface area contributed by atoms with Crippen LogP contribution in [0.25, 0.3) is 17.3 Å². The number of hydrogen-bond acceptors (Lipinski definition) is 10. The summed E-state index contributed by atoms with van der Waals surface area (Å²) in [6.45, 7) is 3.71. The summed E-state index contributed by atoms with van der Waals surface area (Å²) in [6.07, 6.45) is 4.19. The quantitative estimate of drug-likeness (QED) is 0.158. The Bertz CT molecular complexity index is 1530. The predicted octanol–water partition coefficient (Wildman–Crippen LogP) is 1.77. The third kappa shape index (κ3) is 11.1. The first-order chi connectivity index (χ1) is 20.5. The minimum Gasteiger partial charge on any atom is -0.481 e. The Labute approximate surface area is 254 Å². The van der Waals surface area contributed by atoms with Crippen molar-refractivity contribution < 1.29 is 42.8 Å². The van der Waals surface area contributed by atoms with Crippen LogP contribution in [0.5, 0.6) is 0 Å². The predicted molar refractivity (Wildman–Crippen MR) is 161 cm³/mol. The topological polar surface area (TPSA) is 233 Å². The molecule has 0 spiro atoms. The summed E-state index contributed by atoms with van der Waals surface area (Å²) in [6, 6.07) is 4.64. The third-order valence-corrected chi connectivity index (χ3v) is 7.29. The molecular weight excluding hydrogens is 599 g/mol. The Morgan fingerprint density at radius 1 is 1.14 bits per heavy atom. The van der Waals surface area contributed by atoms with Gasteiger partial charge in [-0.15, -0.1) is 0 Å². The molecular formula is C28H37FN6O8S. The van der Waals surface area contributed by atoms with E-state index in [0.717, 1.165) is 16.3 Å². The van der Waals surface area contributed by atoms with E-state index in [0.29, 0.717) is 22.5 Å². The normalized spacial score (nSPS) is 13.7. The highest BCUT2D eigenvalue weighted by Gasteiger charge is 2.22. The van der Waals surface area contributed by atoms with Crippen LogP contribution < -0.4 is 10.0 Å². The summed E-state index contributed by atoms with van der Waals surface area (Å²) in [5.41, 5.74) is 7.80. The second-order valence-electron chi connectivity index (χ2n) is 10.2. The number of nitrogens with zero attached hydrogens (tertiary/aromatic N) is 4. The summed E-state index contributed by atoms with van der Waals surface area (Å²) in [7, 11) is -2.33. The summed E-state index contributed by atoms with van der Waals surface area (Å²) in [5, 5.41) is 37.2. The molecule has 3 aromatic rings. The maximum Gasteiger partial charge on any atom is 0.320 e. The molecule has 1 aromatic carbocycles. The van der Waals surface area contributed by atoms with Gasteiger partial charge in [0, 0.05) is 42.9 Å². The number of carbonyl (C=O) groups is 2. The van der Waals surface area contributed by atoms with Gasteiger partial charge in [-0.3, -0.25) is 9.59 Å². The number of hydrogen-bond donors (Lipinski definition) is 6. The number of carboxylic acids is 2. The average Bonchev–Trinajstić information content (AvgIpc) is 3.43. The number of carboxylic acid groups (broad SMARTS) is 2. The maximum atomic E-state index is 13.5. The first-order valence-corrected chi connectivity index (χ1v) is 15.2. The first-order valence-electron chi connectivity index (χ1n) is 13.3. The van der Waals surface area contributed by atoms with Crippen LogP contribution >= 0.6 is 0 Å². The van der Waals surface area contributed by atoms with Crippen LogP contribution in [0.15, 0.2) is 42.9 Å². The highest BCUT2D eigenvalue weighted by molar-refractivity contribution is 7.92. The van der Waals surface area contributed by atoms with Gasteiger partial charge < -0.3 is 31.1 Å². The Morgan fingerprint density at radius 2 is 1.77 bits per heavy atom. The second-order valence-corrected chi connectivity index (χ2v) is 12.2. The number of benzene rings is 1. The molecule has 7 N–H and O–H groups in total. The highest BCUT2D eigenvalue weighted by Crippen LogP contribution is 2.31. The number of aliphatic carboxylic acids is 2. The number of nitrogens with one attached hydrogen (secondary N) is 1. The second kappa shape index (κ2) is 16.0. The Hall–Kier alpha value is -4.25. The minimum absolute atomic E-state index is 0.0601. The largest absolute Gasteiger partial charge is 0.481 e. The van der Waals surface area contributed by atoms with Gasteiger partial charge in [-0.25, -0.2) is 32.1 Å². The van der Waals surface area contributed by atoms with Crippen molar-refractivity contribution in [3.8, 4) is 11.3 Å². The van der Waals surface area contributed by atoms with Crippen LogP contribution in [0.1, 0.15) is 49.6 Å². The number of aliphatic hydroxyl groups is 2. The molecule has 2 heterocycles. The van der Waals surface area contributed by atoms with E-state index < -0.39 is 52.4 Å². The molecule has 240 valence electrons. The molecule has 44 heavy (non-hydrogen) atoms. The van der Waals surface area contributed by atoms with Crippen molar-refractivity contribution in [2.75, 3.05) is 17.6 Å². The van der Waals surface area contributed by atoms with E-state index >= 15 is 0 Å². The van der Waals surface area contributed by atoms with Crippen molar-refractivity contribution in [2.45, 2.75) is 57.3 Å². The van der Waals surface area contributed by atoms with Crippen molar-refractivity contribution >= 4 is 34.0 Å². The highest BCUT2D eigenvalue weighted by atomic mass is 32.2. The molecule has 0 unspecified atom stereocenters. The number of nitrogens with two attached hydrogens (primary N) is 1. The van der Waals surface area contributed by atoms with E-state index in [9.17, 15) is 32.6 Å². The van der Waals surface area contributed by atoms with Crippen LogP contribution in [0, 0.1) is 5.82 Å². The number of aromatic amines is 1. The van der Waals surface area contributed by atoms with Gasteiger partial charge in [0.1, 0.15) is 11.9 Å². The molecule has 14 nitrogen and oxygen atoms in total. The number of aliphatic hydroxyl groups excluding tert-OH is 2. The molecule has 2 aromatic heterocycles. The van der Waals surface area contributed by atoms with Gasteiger partial charge in [0.2, 0.25) is 16.0 Å². The Morgan fingerprint density at radius 3 is 2.27 bits per heavy atom. The van der Waals surface area contributed by atoms with Crippen LogP contribution in [0.2, 0.25) is 0 Å². The third-order valence-electron chi connectivity index (χ3n) is 6.13. The van der Waals surface area contributed by atoms with Gasteiger partial charge in [-0.1, -0.05) is 26.0 Å². The Kier molecular flexibility index (Phi) is 13.1. The molecule has 0 saturated heterocycles. The number of anilines is 1. The lowest BCUT2D eigenvalue weighted by Gasteiger charge is -2.20. The molecule has 0 aliphatic rings. The fourth-order valence-corrected chi connectivity index (χ4v) is 4.14. The fraction of sp³-hybridized carbons (Fsp3) is 0.393. The van der Waals surface area contributed by atoms with E-state index in [2.05, 4.69) is 19.9 Å². The fourth-order valence-electron chi connectivity index (χ4n) is 3.77. The van der Waals surface area contributed by atoms with Gasteiger partial charge >= 0.3 is 11.9 Å². The number of imidazole rings is 1. The molecule has 0 aliphatic carbocycles. The lowest BCUT2D eigenvalue weighted by Crippen LogP contribution is -2.32. The number of H-pyrrole nitrogens is 1. The van der Waals surface area contributed by atoms with Crippen molar-refractivity contribution in [2.24, 2.45) is 5.73 Å². The van der Waals surface area contributed by atoms with E-state index in [1.165, 1.54) is 49.8 Å². The molecule has 0 radical (unpaired) electrons. The molecule has 3 rings (SSSR count). The lowest BCUT2D eigenvalue weighted by atomic mass is 9.97. The van der Waals surface area contributed by atoms with Crippen LogP contribution in [-0.2, 0) is 26.0 Å². The molecule has 16 heteroatoms. The number of sulfonamides is 1. The summed E-state index contributed by atoms with van der Waals surface area (Å²) in [4.78, 5) is 36.3. The smallest absolute Gasteiger partial charge is 0.320 e. The van der Waals surface area contributed by atoms with Crippen LogP contribution in [-0.4, -0.2) is 92.3 Å². The maximum absolute atomic E-state index is 13.5. The zero-order chi connectivity index (χ0) is 33.2. The summed E-state index contributed by atoms with van der Waals surface area (Å²) in [5.74, 6) is -2.87. The Balaban J connectivity index is 0.000000514. The van der Waals surface area contributed by atoms with E-state index in [-0.39, 0.29) is 24.7 Å².